The minimum atomic E-state index is -0.321. The van der Waals surface area contributed by atoms with Crippen molar-refractivity contribution in [3.8, 4) is 0 Å². The quantitative estimate of drug-likeness (QED) is 0.710. The number of nitrogens with one attached hydrogen (secondary N) is 2. The van der Waals surface area contributed by atoms with Crippen LogP contribution in [-0.2, 0) is 0 Å². The standard InChI is InChI=1S/C18H15Cl2N3O2/c1-23(2)18(25)13-9-12(4-5-14(13)20)21-17(24)16-8-10-7-11(19)3-6-15(10)22-16/h3-9,22H,1-2H3,(H,21,24). The Morgan fingerprint density at radius 2 is 1.80 bits per heavy atom. The minimum absolute atomic E-state index is 0.235. The lowest BCUT2D eigenvalue weighted by Gasteiger charge is -2.13. The number of amides is 2. The number of fused-ring (bicyclic) bond motifs is 1. The Morgan fingerprint density at radius 1 is 1.04 bits per heavy atom. The summed E-state index contributed by atoms with van der Waals surface area (Å²) in [5.74, 6) is -0.556. The molecule has 0 saturated carbocycles. The van der Waals surface area contributed by atoms with Gasteiger partial charge in [-0.15, -0.1) is 0 Å². The van der Waals surface area contributed by atoms with Gasteiger partial charge in [0.2, 0.25) is 0 Å². The third kappa shape index (κ3) is 3.62. The first-order valence-corrected chi connectivity index (χ1v) is 8.21. The van der Waals surface area contributed by atoms with Crippen LogP contribution in [0.3, 0.4) is 0 Å². The summed E-state index contributed by atoms with van der Waals surface area (Å²) in [7, 11) is 3.28. The summed E-state index contributed by atoms with van der Waals surface area (Å²) >= 11 is 12.0. The molecule has 7 heteroatoms. The van der Waals surface area contributed by atoms with Crippen molar-refractivity contribution in [3.63, 3.8) is 0 Å². The molecule has 0 aliphatic heterocycles. The molecule has 0 aliphatic carbocycles. The third-order valence-electron chi connectivity index (χ3n) is 3.69. The normalized spacial score (nSPS) is 10.7. The smallest absolute Gasteiger partial charge is 0.272 e. The average Bonchev–Trinajstić information content (AvgIpc) is 2.99. The van der Waals surface area contributed by atoms with Crippen LogP contribution in [0.2, 0.25) is 10.0 Å². The van der Waals surface area contributed by atoms with Gasteiger partial charge in [0, 0.05) is 35.7 Å². The molecule has 3 aromatic rings. The number of H-pyrrole nitrogens is 1. The summed E-state index contributed by atoms with van der Waals surface area (Å²) in [5, 5.41) is 4.54. The lowest BCUT2D eigenvalue weighted by Crippen LogP contribution is -2.22. The summed E-state index contributed by atoms with van der Waals surface area (Å²) in [6.45, 7) is 0. The number of aromatic nitrogens is 1. The van der Waals surface area contributed by atoms with Gasteiger partial charge < -0.3 is 15.2 Å². The summed E-state index contributed by atoms with van der Waals surface area (Å²) in [5.41, 5.74) is 2.02. The van der Waals surface area contributed by atoms with Gasteiger partial charge in [0.25, 0.3) is 11.8 Å². The second-order valence-corrected chi connectivity index (χ2v) is 6.61. The number of hydrogen-bond donors (Lipinski definition) is 2. The number of carbonyl (C=O) groups excluding carboxylic acids is 2. The van der Waals surface area contributed by atoms with Gasteiger partial charge >= 0.3 is 0 Å². The molecule has 2 aromatic carbocycles. The van der Waals surface area contributed by atoms with Crippen LogP contribution in [0.25, 0.3) is 10.9 Å². The Labute approximate surface area is 154 Å². The number of halogens is 2. The highest BCUT2D eigenvalue weighted by molar-refractivity contribution is 6.34. The molecule has 5 nitrogen and oxygen atoms in total. The van der Waals surface area contributed by atoms with Crippen molar-refractivity contribution in [2.75, 3.05) is 19.4 Å². The molecule has 128 valence electrons. The zero-order valence-corrected chi connectivity index (χ0v) is 15.1. The molecule has 2 amide bonds. The second kappa shape index (κ2) is 6.78. The molecule has 0 unspecified atom stereocenters. The van der Waals surface area contributed by atoms with E-state index >= 15 is 0 Å². The Hall–Kier alpha value is -2.50. The molecule has 1 heterocycles. The number of hydrogen-bond acceptors (Lipinski definition) is 2. The average molecular weight is 376 g/mol. The lowest BCUT2D eigenvalue weighted by molar-refractivity contribution is 0.0827. The Bertz CT molecular complexity index is 980. The van der Waals surface area contributed by atoms with E-state index in [4.69, 9.17) is 23.2 Å². The summed E-state index contributed by atoms with van der Waals surface area (Å²) in [6, 6.07) is 11.8. The van der Waals surface area contributed by atoms with Gasteiger partial charge in [0.1, 0.15) is 5.69 Å². The van der Waals surface area contributed by atoms with Crippen LogP contribution in [0.1, 0.15) is 20.8 Å². The number of aromatic amines is 1. The van der Waals surface area contributed by atoms with E-state index in [1.807, 2.05) is 6.07 Å². The Morgan fingerprint density at radius 3 is 2.52 bits per heavy atom. The molecule has 0 saturated heterocycles. The highest BCUT2D eigenvalue weighted by atomic mass is 35.5. The monoisotopic (exact) mass is 375 g/mol. The number of carbonyl (C=O) groups is 2. The van der Waals surface area contributed by atoms with E-state index in [1.54, 1.807) is 50.5 Å². The van der Waals surface area contributed by atoms with Gasteiger partial charge in [-0.2, -0.15) is 0 Å². The largest absolute Gasteiger partial charge is 0.351 e. The van der Waals surface area contributed by atoms with Crippen molar-refractivity contribution in [1.82, 2.24) is 9.88 Å². The van der Waals surface area contributed by atoms with Gasteiger partial charge in [-0.3, -0.25) is 9.59 Å². The molecule has 0 radical (unpaired) electrons. The second-order valence-electron chi connectivity index (χ2n) is 5.76. The fourth-order valence-corrected chi connectivity index (χ4v) is 2.81. The van der Waals surface area contributed by atoms with Crippen molar-refractivity contribution in [2.45, 2.75) is 0 Å². The molecule has 0 atom stereocenters. The minimum Gasteiger partial charge on any atom is -0.351 e. The van der Waals surface area contributed by atoms with E-state index in [0.29, 0.717) is 27.0 Å². The fraction of sp³-hybridized carbons (Fsp3) is 0.111. The summed E-state index contributed by atoms with van der Waals surface area (Å²) in [4.78, 5) is 29.1. The predicted molar refractivity (Wildman–Crippen MR) is 101 cm³/mol. The molecule has 3 rings (SSSR count). The van der Waals surface area contributed by atoms with Gasteiger partial charge in [0.15, 0.2) is 0 Å². The molecule has 0 bridgehead atoms. The van der Waals surface area contributed by atoms with Gasteiger partial charge in [-0.1, -0.05) is 23.2 Å². The molecule has 25 heavy (non-hydrogen) atoms. The van der Waals surface area contributed by atoms with Gasteiger partial charge in [0.05, 0.1) is 10.6 Å². The van der Waals surface area contributed by atoms with Gasteiger partial charge in [-0.05, 0) is 42.5 Å². The number of benzene rings is 2. The van der Waals surface area contributed by atoms with E-state index in [9.17, 15) is 9.59 Å². The SMILES string of the molecule is CN(C)C(=O)c1cc(NC(=O)c2cc3cc(Cl)ccc3[nH]2)ccc1Cl. The third-order valence-corrected chi connectivity index (χ3v) is 4.25. The van der Waals surface area contributed by atoms with Crippen molar-refractivity contribution >= 4 is 51.6 Å². The van der Waals surface area contributed by atoms with E-state index < -0.39 is 0 Å². The molecule has 1 aromatic heterocycles. The van der Waals surface area contributed by atoms with E-state index in [-0.39, 0.29) is 11.8 Å². The predicted octanol–water partition coefficient (Wildman–Crippen LogP) is 4.43. The maximum atomic E-state index is 12.5. The topological polar surface area (TPSA) is 65.2 Å². The maximum absolute atomic E-state index is 12.5. The first-order valence-electron chi connectivity index (χ1n) is 7.46. The molecule has 2 N–H and O–H groups in total. The van der Waals surface area contributed by atoms with Crippen LogP contribution in [-0.4, -0.2) is 35.8 Å². The zero-order valence-electron chi connectivity index (χ0n) is 13.6. The molecule has 0 aliphatic rings. The number of rotatable bonds is 3. The molecule has 0 spiro atoms. The van der Waals surface area contributed by atoms with Crippen LogP contribution in [0, 0.1) is 0 Å². The highest BCUT2D eigenvalue weighted by Crippen LogP contribution is 2.23. The maximum Gasteiger partial charge on any atom is 0.272 e. The number of anilines is 1. The van der Waals surface area contributed by atoms with Crippen LogP contribution in [0.4, 0.5) is 5.69 Å². The summed E-state index contributed by atoms with van der Waals surface area (Å²) < 4.78 is 0. The van der Waals surface area contributed by atoms with Crippen molar-refractivity contribution in [3.05, 3.63) is 63.8 Å². The fourth-order valence-electron chi connectivity index (χ4n) is 2.43. The van der Waals surface area contributed by atoms with E-state index in [2.05, 4.69) is 10.3 Å². The van der Waals surface area contributed by atoms with E-state index in [0.717, 1.165) is 10.9 Å². The van der Waals surface area contributed by atoms with Crippen molar-refractivity contribution in [1.29, 1.82) is 0 Å². The molecule has 0 fully saturated rings. The summed E-state index contributed by atoms with van der Waals surface area (Å²) in [6.07, 6.45) is 0. The zero-order chi connectivity index (χ0) is 18.1. The highest BCUT2D eigenvalue weighted by Gasteiger charge is 2.15. The molecular weight excluding hydrogens is 361 g/mol. The first-order chi connectivity index (χ1) is 11.8. The van der Waals surface area contributed by atoms with Crippen molar-refractivity contribution in [2.24, 2.45) is 0 Å². The Balaban J connectivity index is 1.87. The van der Waals surface area contributed by atoms with Crippen LogP contribution >= 0.6 is 23.2 Å². The number of nitrogens with zero attached hydrogens (tertiary/aromatic N) is 1. The molecular formula is C18H15Cl2N3O2. The van der Waals surface area contributed by atoms with Crippen LogP contribution in [0.5, 0.6) is 0 Å². The lowest BCUT2D eigenvalue weighted by atomic mass is 10.1. The Kier molecular flexibility index (Phi) is 4.70. The first kappa shape index (κ1) is 17.3. The van der Waals surface area contributed by atoms with E-state index in [1.165, 1.54) is 4.90 Å². The van der Waals surface area contributed by atoms with Crippen LogP contribution in [0.15, 0.2) is 42.5 Å². The van der Waals surface area contributed by atoms with Crippen molar-refractivity contribution < 1.29 is 9.59 Å². The van der Waals surface area contributed by atoms with Gasteiger partial charge in [-0.25, -0.2) is 0 Å². The van der Waals surface area contributed by atoms with Crippen LogP contribution < -0.4 is 5.32 Å².